The van der Waals surface area contributed by atoms with Crippen LogP contribution in [0.5, 0.6) is 0 Å². The van der Waals surface area contributed by atoms with Crippen LogP contribution >= 0.6 is 0 Å². The lowest BCUT2D eigenvalue weighted by Gasteiger charge is -2.26. The fourth-order valence-corrected chi connectivity index (χ4v) is 4.27. The number of hydrogen-bond donors (Lipinski definition) is 2. The highest BCUT2D eigenvalue weighted by Crippen LogP contribution is 2.29. The van der Waals surface area contributed by atoms with Crippen LogP contribution in [-0.2, 0) is 14.4 Å². The van der Waals surface area contributed by atoms with Gasteiger partial charge in [0.1, 0.15) is 0 Å². The average molecular weight is 372 g/mol. The monoisotopic (exact) mass is 372 g/mol. The summed E-state index contributed by atoms with van der Waals surface area (Å²) < 4.78 is 0. The van der Waals surface area contributed by atoms with Gasteiger partial charge in [-0.25, -0.2) is 0 Å². The lowest BCUT2D eigenvalue weighted by atomic mass is 9.94. The number of hydrogen-bond acceptors (Lipinski definition) is 3. The van der Waals surface area contributed by atoms with E-state index < -0.39 is 17.8 Å². The summed E-state index contributed by atoms with van der Waals surface area (Å²) >= 11 is 0. The highest BCUT2D eigenvalue weighted by molar-refractivity contribution is 5.89. The second kappa shape index (κ2) is 8.55. The molecule has 2 aliphatic rings. The van der Waals surface area contributed by atoms with E-state index in [1.807, 2.05) is 37.3 Å². The van der Waals surface area contributed by atoms with Gasteiger partial charge in [0, 0.05) is 19.0 Å². The van der Waals surface area contributed by atoms with Gasteiger partial charge in [0.2, 0.25) is 11.8 Å². The van der Waals surface area contributed by atoms with Gasteiger partial charge in [0.05, 0.1) is 17.9 Å². The van der Waals surface area contributed by atoms with E-state index in [0.717, 1.165) is 24.8 Å². The molecule has 1 aliphatic heterocycles. The molecule has 0 bridgehead atoms. The van der Waals surface area contributed by atoms with E-state index >= 15 is 0 Å². The van der Waals surface area contributed by atoms with E-state index in [1.165, 1.54) is 0 Å². The molecular formula is C21H28N2O4. The molecule has 0 radical (unpaired) electrons. The minimum atomic E-state index is -0.843. The fraction of sp³-hybridized carbons (Fsp3) is 0.571. The van der Waals surface area contributed by atoms with E-state index in [0.29, 0.717) is 19.4 Å². The minimum Gasteiger partial charge on any atom is -0.481 e. The normalized spacial score (nSPS) is 27.1. The maximum absolute atomic E-state index is 12.8. The molecule has 0 unspecified atom stereocenters. The number of rotatable bonds is 5. The number of nitrogens with zero attached hydrogens (tertiary/aromatic N) is 1. The Bertz CT molecular complexity index is 691. The van der Waals surface area contributed by atoms with Gasteiger partial charge < -0.3 is 15.3 Å². The first-order valence-electron chi connectivity index (χ1n) is 9.85. The number of likely N-dealkylation sites (tertiary alicyclic amines) is 1. The largest absolute Gasteiger partial charge is 0.481 e. The molecule has 2 fully saturated rings. The topological polar surface area (TPSA) is 86.7 Å². The quantitative estimate of drug-likeness (QED) is 0.778. The Balaban J connectivity index is 1.64. The first-order valence-corrected chi connectivity index (χ1v) is 9.85. The van der Waals surface area contributed by atoms with E-state index in [1.54, 1.807) is 4.90 Å². The van der Waals surface area contributed by atoms with Gasteiger partial charge in [-0.2, -0.15) is 0 Å². The smallest absolute Gasteiger partial charge is 0.308 e. The summed E-state index contributed by atoms with van der Waals surface area (Å²) in [4.78, 5) is 38.5. The fourth-order valence-electron chi connectivity index (χ4n) is 4.27. The number of carbonyl (C=O) groups excluding carboxylic acids is 2. The zero-order valence-electron chi connectivity index (χ0n) is 15.8. The summed E-state index contributed by atoms with van der Waals surface area (Å²) in [5, 5.41) is 12.4. The second-order valence-electron chi connectivity index (χ2n) is 7.73. The van der Waals surface area contributed by atoms with Crippen molar-refractivity contribution in [2.24, 2.45) is 11.8 Å². The van der Waals surface area contributed by atoms with Crippen molar-refractivity contribution >= 4 is 17.8 Å². The zero-order chi connectivity index (χ0) is 19.4. The van der Waals surface area contributed by atoms with Gasteiger partial charge in [-0.15, -0.1) is 0 Å². The summed E-state index contributed by atoms with van der Waals surface area (Å²) in [6.07, 6.45) is 4.28. The van der Waals surface area contributed by atoms with Crippen molar-refractivity contribution in [2.45, 2.75) is 57.5 Å². The third-order valence-corrected chi connectivity index (χ3v) is 5.94. The van der Waals surface area contributed by atoms with E-state index in [9.17, 15) is 19.5 Å². The second-order valence-corrected chi connectivity index (χ2v) is 7.73. The summed E-state index contributed by atoms with van der Waals surface area (Å²) in [5.74, 6) is -2.01. The molecule has 1 aromatic rings. The maximum atomic E-state index is 12.8. The van der Waals surface area contributed by atoms with Crippen LogP contribution in [0.2, 0.25) is 0 Å². The summed E-state index contributed by atoms with van der Waals surface area (Å²) in [6.45, 7) is 2.35. The van der Waals surface area contributed by atoms with Crippen LogP contribution in [0, 0.1) is 11.8 Å². The number of carboxylic acid groups (broad SMARTS) is 1. The molecule has 27 heavy (non-hydrogen) atoms. The van der Waals surface area contributed by atoms with Crippen LogP contribution in [-0.4, -0.2) is 40.4 Å². The van der Waals surface area contributed by atoms with Crippen LogP contribution in [0.15, 0.2) is 30.3 Å². The molecule has 1 saturated heterocycles. The van der Waals surface area contributed by atoms with Crippen LogP contribution in [0.4, 0.5) is 0 Å². The summed E-state index contributed by atoms with van der Waals surface area (Å²) in [7, 11) is 0. The molecule has 4 atom stereocenters. The molecule has 1 aliphatic carbocycles. The van der Waals surface area contributed by atoms with E-state index in [2.05, 4.69) is 5.32 Å². The Labute approximate surface area is 159 Å². The Hall–Kier alpha value is -2.37. The SMILES string of the molecule is C[C@H](c1ccccc1)N1C[C@H](C(=O)N[C@H]2CCCCC[C@H]2C(=O)O)CC1=O. The van der Waals surface area contributed by atoms with Gasteiger partial charge in [-0.05, 0) is 25.3 Å². The molecule has 3 rings (SSSR count). The number of carboxylic acids is 1. The predicted octanol–water partition coefficient (Wildman–Crippen LogP) is 2.75. The first-order chi connectivity index (χ1) is 13.0. The minimum absolute atomic E-state index is 0.0258. The van der Waals surface area contributed by atoms with Crippen molar-refractivity contribution in [3.63, 3.8) is 0 Å². The predicted molar refractivity (Wildman–Crippen MR) is 101 cm³/mol. The van der Waals surface area contributed by atoms with Gasteiger partial charge in [0.25, 0.3) is 0 Å². The Morgan fingerprint density at radius 1 is 1.15 bits per heavy atom. The molecule has 0 aromatic heterocycles. The molecule has 1 saturated carbocycles. The van der Waals surface area contributed by atoms with E-state index in [4.69, 9.17) is 0 Å². The van der Waals surface area contributed by atoms with Gasteiger partial charge >= 0.3 is 5.97 Å². The highest BCUT2D eigenvalue weighted by atomic mass is 16.4. The Morgan fingerprint density at radius 3 is 2.56 bits per heavy atom. The number of nitrogens with one attached hydrogen (secondary N) is 1. The lowest BCUT2D eigenvalue weighted by molar-refractivity contribution is -0.143. The van der Waals surface area contributed by atoms with Crippen LogP contribution in [0.3, 0.4) is 0 Å². The van der Waals surface area contributed by atoms with E-state index in [-0.39, 0.29) is 30.3 Å². The van der Waals surface area contributed by atoms with Crippen molar-refractivity contribution in [1.82, 2.24) is 10.2 Å². The Kier molecular flexibility index (Phi) is 6.14. The third kappa shape index (κ3) is 4.49. The van der Waals surface area contributed by atoms with Gasteiger partial charge in [0.15, 0.2) is 0 Å². The molecule has 2 N–H and O–H groups in total. The first kappa shape index (κ1) is 19.4. The average Bonchev–Trinajstić information content (AvgIpc) is 2.90. The highest BCUT2D eigenvalue weighted by Gasteiger charge is 2.39. The van der Waals surface area contributed by atoms with Crippen molar-refractivity contribution < 1.29 is 19.5 Å². The molecular weight excluding hydrogens is 344 g/mol. The van der Waals surface area contributed by atoms with Crippen LogP contribution in [0.25, 0.3) is 0 Å². The number of benzene rings is 1. The summed E-state index contributed by atoms with van der Waals surface area (Å²) in [6, 6.07) is 9.35. The number of carbonyl (C=O) groups is 3. The maximum Gasteiger partial charge on any atom is 0.308 e. The van der Waals surface area contributed by atoms with Gasteiger partial charge in [-0.3, -0.25) is 14.4 Å². The molecule has 0 spiro atoms. The number of amides is 2. The molecule has 2 amide bonds. The molecule has 1 aromatic carbocycles. The van der Waals surface area contributed by atoms with Gasteiger partial charge in [-0.1, -0.05) is 49.6 Å². The zero-order valence-corrected chi connectivity index (χ0v) is 15.8. The number of aliphatic carboxylic acids is 1. The van der Waals surface area contributed by atoms with Crippen LogP contribution < -0.4 is 5.32 Å². The lowest BCUT2D eigenvalue weighted by Crippen LogP contribution is -2.45. The molecule has 6 nitrogen and oxygen atoms in total. The summed E-state index contributed by atoms with van der Waals surface area (Å²) in [5.41, 5.74) is 1.04. The molecule has 6 heteroatoms. The molecule has 146 valence electrons. The van der Waals surface area contributed by atoms with Crippen molar-refractivity contribution in [1.29, 1.82) is 0 Å². The third-order valence-electron chi connectivity index (χ3n) is 5.94. The van der Waals surface area contributed by atoms with Crippen molar-refractivity contribution in [3.05, 3.63) is 35.9 Å². The Morgan fingerprint density at radius 2 is 1.85 bits per heavy atom. The van der Waals surface area contributed by atoms with Crippen molar-refractivity contribution in [2.75, 3.05) is 6.54 Å². The van der Waals surface area contributed by atoms with Crippen LogP contribution in [0.1, 0.15) is 57.1 Å². The standard InChI is InChI=1S/C21H28N2O4/c1-14(15-8-4-2-5-9-15)23-13-16(12-19(23)24)20(25)22-18-11-7-3-6-10-17(18)21(26)27/h2,4-5,8-9,14,16-18H,3,6-7,10-13H2,1H3,(H,22,25)(H,26,27)/t14-,16-,17-,18+/m1/s1. The van der Waals surface area contributed by atoms with Crippen molar-refractivity contribution in [3.8, 4) is 0 Å². The molecule has 1 heterocycles.